The lowest BCUT2D eigenvalue weighted by molar-refractivity contribution is 0.0458. The molecule has 0 saturated carbocycles. The van der Waals surface area contributed by atoms with Crippen LogP contribution >= 0.6 is 0 Å². The Balaban J connectivity index is 2.61. The predicted molar refractivity (Wildman–Crippen MR) is 56.7 cm³/mol. The van der Waals surface area contributed by atoms with Crippen LogP contribution in [0.15, 0.2) is 24.3 Å². The van der Waals surface area contributed by atoms with Crippen molar-refractivity contribution < 1.29 is 4.74 Å². The molecule has 0 heterocycles. The highest BCUT2D eigenvalue weighted by Gasteiger charge is 2.27. The van der Waals surface area contributed by atoms with Crippen LogP contribution < -0.4 is 0 Å². The molecule has 1 aliphatic carbocycles. The molecule has 1 heteroatoms. The van der Waals surface area contributed by atoms with Crippen molar-refractivity contribution in [3.05, 3.63) is 24.3 Å². The summed E-state index contributed by atoms with van der Waals surface area (Å²) in [6.45, 7) is 8.34. The van der Waals surface area contributed by atoms with E-state index in [0.29, 0.717) is 5.92 Å². The minimum Gasteiger partial charge on any atom is -0.374 e. The normalized spacial score (nSPS) is 23.2. The monoisotopic (exact) mass is 180 g/mol. The number of allylic oxidation sites excluding steroid dienone is 2. The van der Waals surface area contributed by atoms with Crippen LogP contribution in [0.3, 0.4) is 0 Å². The topological polar surface area (TPSA) is 9.23 Å². The number of methoxy groups -OCH3 is 1. The first-order chi connectivity index (χ1) is 6.08. The number of hydrogen-bond donors (Lipinski definition) is 0. The Hall–Kier alpha value is -0.560. The van der Waals surface area contributed by atoms with Gasteiger partial charge in [0, 0.05) is 7.11 Å². The molecule has 0 spiro atoms. The second-order valence-electron chi connectivity index (χ2n) is 4.22. The molecule has 0 aromatic carbocycles. The van der Waals surface area contributed by atoms with Crippen molar-refractivity contribution in [2.45, 2.75) is 38.7 Å². The van der Waals surface area contributed by atoms with Gasteiger partial charge < -0.3 is 4.74 Å². The Bertz CT molecular complexity index is 213. The Labute approximate surface area is 81.5 Å². The van der Waals surface area contributed by atoms with Crippen LogP contribution in [0, 0.1) is 5.92 Å². The van der Waals surface area contributed by atoms with E-state index in [2.05, 4.69) is 32.6 Å². The van der Waals surface area contributed by atoms with Crippen LogP contribution in [0.5, 0.6) is 0 Å². The molecule has 74 valence electrons. The van der Waals surface area contributed by atoms with Crippen molar-refractivity contribution in [2.75, 3.05) is 7.11 Å². The zero-order valence-electron chi connectivity index (χ0n) is 8.97. The van der Waals surface area contributed by atoms with Gasteiger partial charge in [-0.05, 0) is 44.6 Å². The maximum Gasteiger partial charge on any atom is 0.0831 e. The van der Waals surface area contributed by atoms with Crippen molar-refractivity contribution in [3.8, 4) is 0 Å². The molecular formula is C12H20O. The van der Waals surface area contributed by atoms with E-state index in [0.717, 1.165) is 6.42 Å². The molecular weight excluding hydrogens is 160 g/mol. The summed E-state index contributed by atoms with van der Waals surface area (Å²) in [6, 6.07) is 0. The van der Waals surface area contributed by atoms with Gasteiger partial charge >= 0.3 is 0 Å². The maximum atomic E-state index is 5.43. The molecule has 0 fully saturated rings. The van der Waals surface area contributed by atoms with Gasteiger partial charge in [0.25, 0.3) is 0 Å². The maximum absolute atomic E-state index is 5.43. The van der Waals surface area contributed by atoms with Gasteiger partial charge in [0.15, 0.2) is 0 Å². The molecule has 0 aromatic rings. The minimum absolute atomic E-state index is 0.171. The van der Waals surface area contributed by atoms with Crippen molar-refractivity contribution in [2.24, 2.45) is 5.92 Å². The van der Waals surface area contributed by atoms with Crippen molar-refractivity contribution in [3.63, 3.8) is 0 Å². The summed E-state index contributed by atoms with van der Waals surface area (Å²) in [4.78, 5) is 0. The van der Waals surface area contributed by atoms with Crippen LogP contribution in [0.4, 0.5) is 0 Å². The van der Waals surface area contributed by atoms with E-state index in [4.69, 9.17) is 4.74 Å². The minimum atomic E-state index is -0.171. The molecule has 0 amide bonds. The molecule has 0 aliphatic heterocycles. The van der Waals surface area contributed by atoms with Gasteiger partial charge in [-0.15, -0.1) is 0 Å². The summed E-state index contributed by atoms with van der Waals surface area (Å²) < 4.78 is 5.43. The highest BCUT2D eigenvalue weighted by atomic mass is 16.5. The molecule has 0 N–H and O–H groups in total. The SMILES string of the molecule is C=C(C1CC=CCC1)C(C)(C)OC. The van der Waals surface area contributed by atoms with Crippen LogP contribution in [0.2, 0.25) is 0 Å². The lowest BCUT2D eigenvalue weighted by atomic mass is 9.81. The summed E-state index contributed by atoms with van der Waals surface area (Å²) in [5.41, 5.74) is 1.06. The Morgan fingerprint density at radius 1 is 1.46 bits per heavy atom. The first kappa shape index (κ1) is 10.5. The second-order valence-corrected chi connectivity index (χ2v) is 4.22. The average molecular weight is 180 g/mol. The summed E-state index contributed by atoms with van der Waals surface area (Å²) in [6.07, 6.45) is 8.05. The average Bonchev–Trinajstić information content (AvgIpc) is 2.18. The van der Waals surface area contributed by atoms with E-state index in [1.54, 1.807) is 7.11 Å². The van der Waals surface area contributed by atoms with Gasteiger partial charge in [-0.2, -0.15) is 0 Å². The van der Waals surface area contributed by atoms with Crippen LogP contribution in [-0.2, 0) is 4.74 Å². The van der Waals surface area contributed by atoms with Gasteiger partial charge in [-0.3, -0.25) is 0 Å². The largest absolute Gasteiger partial charge is 0.374 e. The summed E-state index contributed by atoms with van der Waals surface area (Å²) in [5.74, 6) is 0.611. The standard InChI is InChI=1S/C12H20O/c1-10(12(2,3)13-4)11-8-6-5-7-9-11/h5-6,11H,1,7-9H2,2-4H3. The molecule has 0 radical (unpaired) electrons. The van der Waals surface area contributed by atoms with Crippen molar-refractivity contribution in [1.82, 2.24) is 0 Å². The van der Waals surface area contributed by atoms with E-state index in [1.165, 1.54) is 18.4 Å². The van der Waals surface area contributed by atoms with Gasteiger partial charge in [-0.1, -0.05) is 18.7 Å². The fourth-order valence-electron chi connectivity index (χ4n) is 1.73. The predicted octanol–water partition coefficient (Wildman–Crippen LogP) is 3.32. The Morgan fingerprint density at radius 3 is 2.62 bits per heavy atom. The van der Waals surface area contributed by atoms with Crippen molar-refractivity contribution in [1.29, 1.82) is 0 Å². The molecule has 1 unspecified atom stereocenters. The summed E-state index contributed by atoms with van der Waals surface area (Å²) >= 11 is 0. The van der Waals surface area contributed by atoms with E-state index >= 15 is 0 Å². The van der Waals surface area contributed by atoms with Crippen LogP contribution in [0.25, 0.3) is 0 Å². The second kappa shape index (κ2) is 4.10. The number of hydrogen-bond acceptors (Lipinski definition) is 1. The van der Waals surface area contributed by atoms with Crippen molar-refractivity contribution >= 4 is 0 Å². The highest BCUT2D eigenvalue weighted by molar-refractivity contribution is 5.16. The first-order valence-electron chi connectivity index (χ1n) is 4.97. The molecule has 0 aromatic heterocycles. The lowest BCUT2D eigenvalue weighted by Gasteiger charge is -2.32. The first-order valence-corrected chi connectivity index (χ1v) is 4.97. The molecule has 1 atom stereocenters. The van der Waals surface area contributed by atoms with E-state index in [9.17, 15) is 0 Å². The van der Waals surface area contributed by atoms with E-state index in [-0.39, 0.29) is 5.60 Å². The van der Waals surface area contributed by atoms with Gasteiger partial charge in [-0.25, -0.2) is 0 Å². The molecule has 0 saturated heterocycles. The summed E-state index contributed by atoms with van der Waals surface area (Å²) in [5, 5.41) is 0. The molecule has 1 nitrogen and oxygen atoms in total. The molecule has 0 bridgehead atoms. The third-order valence-corrected chi connectivity index (χ3v) is 3.05. The zero-order chi connectivity index (χ0) is 9.90. The van der Waals surface area contributed by atoms with Gasteiger partial charge in [0.05, 0.1) is 5.60 Å². The van der Waals surface area contributed by atoms with Crippen LogP contribution in [0.1, 0.15) is 33.1 Å². The van der Waals surface area contributed by atoms with Gasteiger partial charge in [0.1, 0.15) is 0 Å². The number of rotatable bonds is 3. The fraction of sp³-hybridized carbons (Fsp3) is 0.667. The zero-order valence-corrected chi connectivity index (χ0v) is 8.97. The molecule has 1 rings (SSSR count). The van der Waals surface area contributed by atoms with Crippen LogP contribution in [-0.4, -0.2) is 12.7 Å². The Kier molecular flexibility index (Phi) is 3.32. The number of ether oxygens (including phenoxy) is 1. The smallest absolute Gasteiger partial charge is 0.0831 e. The fourth-order valence-corrected chi connectivity index (χ4v) is 1.73. The molecule has 13 heavy (non-hydrogen) atoms. The molecule has 1 aliphatic rings. The van der Waals surface area contributed by atoms with Gasteiger partial charge in [0.2, 0.25) is 0 Å². The third-order valence-electron chi connectivity index (χ3n) is 3.05. The third kappa shape index (κ3) is 2.44. The van der Waals surface area contributed by atoms with E-state index in [1.807, 2.05) is 0 Å². The summed E-state index contributed by atoms with van der Waals surface area (Å²) in [7, 11) is 1.75. The quantitative estimate of drug-likeness (QED) is 0.605. The Morgan fingerprint density at radius 2 is 2.15 bits per heavy atom. The lowest BCUT2D eigenvalue weighted by Crippen LogP contribution is -2.29. The van der Waals surface area contributed by atoms with E-state index < -0.39 is 0 Å². The highest BCUT2D eigenvalue weighted by Crippen LogP contribution is 2.32.